The molecule has 3 nitrogen and oxygen atoms in total. The average molecular weight is 302 g/mol. The molecule has 0 amide bonds. The van der Waals surface area contributed by atoms with E-state index in [0.717, 1.165) is 18.7 Å². The Morgan fingerprint density at radius 3 is 2.52 bits per heavy atom. The number of aromatic nitrogens is 2. The molecule has 0 radical (unpaired) electrons. The Morgan fingerprint density at radius 1 is 1.14 bits per heavy atom. The third-order valence-electron chi connectivity index (χ3n) is 4.18. The molecule has 0 atom stereocenters. The van der Waals surface area contributed by atoms with Crippen LogP contribution in [0.4, 0.5) is 0 Å². The predicted molar refractivity (Wildman–Crippen MR) is 90.3 cm³/mol. The summed E-state index contributed by atoms with van der Waals surface area (Å²) in [6.07, 6.45) is 3.98. The monoisotopic (exact) mass is 302 g/mol. The van der Waals surface area contributed by atoms with Gasteiger partial charge in [-0.05, 0) is 10.6 Å². The number of benzene rings is 1. The van der Waals surface area contributed by atoms with Gasteiger partial charge in [0.2, 0.25) is 0 Å². The van der Waals surface area contributed by atoms with E-state index < -0.39 is 8.80 Å². The lowest BCUT2D eigenvalue weighted by Crippen LogP contribution is -2.26. The maximum atomic E-state index is 5.89. The lowest BCUT2D eigenvalue weighted by Gasteiger charge is -2.27. The van der Waals surface area contributed by atoms with Gasteiger partial charge in [0.15, 0.2) is 0 Å². The largest absolute Gasteiger partial charge is 0.376 e. The van der Waals surface area contributed by atoms with Crippen LogP contribution in [0.5, 0.6) is 0 Å². The fourth-order valence-electron chi connectivity index (χ4n) is 1.94. The second kappa shape index (κ2) is 7.05. The van der Waals surface area contributed by atoms with Crippen LogP contribution in [0.15, 0.2) is 42.7 Å². The van der Waals surface area contributed by atoms with E-state index in [4.69, 9.17) is 4.74 Å². The van der Waals surface area contributed by atoms with Crippen molar-refractivity contribution < 1.29 is 4.74 Å². The maximum absolute atomic E-state index is 5.89. The van der Waals surface area contributed by atoms with Crippen LogP contribution in [0.1, 0.15) is 25.0 Å². The molecule has 21 heavy (non-hydrogen) atoms. The van der Waals surface area contributed by atoms with Gasteiger partial charge in [-0.2, -0.15) is 5.10 Å². The molecule has 1 aromatic carbocycles. The Kier molecular flexibility index (Phi) is 5.37. The van der Waals surface area contributed by atoms with Crippen LogP contribution in [0.3, 0.4) is 0 Å². The summed E-state index contributed by atoms with van der Waals surface area (Å²) in [5.74, 6) is 0. The SMILES string of the molecule is C[SiH](C)C(C)(C)COCc1cnn(Cc2ccccc2)c1. The van der Waals surface area contributed by atoms with Crippen molar-refractivity contribution in [1.82, 2.24) is 9.78 Å². The van der Waals surface area contributed by atoms with Gasteiger partial charge in [-0.15, -0.1) is 0 Å². The second-order valence-electron chi connectivity index (χ2n) is 6.67. The van der Waals surface area contributed by atoms with Crippen molar-refractivity contribution in [1.29, 1.82) is 0 Å². The van der Waals surface area contributed by atoms with Crippen LogP contribution in [0.25, 0.3) is 0 Å². The molecular weight excluding hydrogens is 276 g/mol. The number of nitrogens with zero attached hydrogens (tertiary/aromatic N) is 2. The molecule has 0 aliphatic rings. The van der Waals surface area contributed by atoms with E-state index in [9.17, 15) is 0 Å². The zero-order valence-corrected chi connectivity index (χ0v) is 14.7. The van der Waals surface area contributed by atoms with Gasteiger partial charge >= 0.3 is 0 Å². The van der Waals surface area contributed by atoms with Gasteiger partial charge in [-0.25, -0.2) is 0 Å². The van der Waals surface area contributed by atoms with Crippen LogP contribution >= 0.6 is 0 Å². The highest BCUT2D eigenvalue weighted by molar-refractivity contribution is 6.59. The van der Waals surface area contributed by atoms with Gasteiger partial charge in [0, 0.05) is 27.2 Å². The normalized spacial score (nSPS) is 12.0. The first-order chi connectivity index (χ1) is 9.97. The number of hydrogen-bond donors (Lipinski definition) is 0. The lowest BCUT2D eigenvalue weighted by atomic mass is 10.2. The van der Waals surface area contributed by atoms with E-state index in [0.29, 0.717) is 11.6 Å². The van der Waals surface area contributed by atoms with Gasteiger partial charge in [0.05, 0.1) is 19.3 Å². The molecule has 0 spiro atoms. The van der Waals surface area contributed by atoms with Crippen molar-refractivity contribution in [2.24, 2.45) is 0 Å². The van der Waals surface area contributed by atoms with Crippen molar-refractivity contribution in [3.05, 3.63) is 53.9 Å². The molecule has 0 saturated heterocycles. The summed E-state index contributed by atoms with van der Waals surface area (Å²) < 4.78 is 7.86. The van der Waals surface area contributed by atoms with E-state index in [2.05, 4.69) is 62.5 Å². The predicted octanol–water partition coefficient (Wildman–Crippen LogP) is 3.71. The molecular formula is C17H26N2OSi. The molecule has 1 aromatic heterocycles. The average Bonchev–Trinajstić information content (AvgIpc) is 2.87. The molecule has 0 unspecified atom stereocenters. The first-order valence-electron chi connectivity index (χ1n) is 7.60. The Morgan fingerprint density at radius 2 is 1.86 bits per heavy atom. The minimum absolute atomic E-state index is 0.347. The molecule has 0 bridgehead atoms. The van der Waals surface area contributed by atoms with Crippen LogP contribution in [-0.4, -0.2) is 25.2 Å². The summed E-state index contributed by atoms with van der Waals surface area (Å²) in [5, 5.41) is 4.75. The van der Waals surface area contributed by atoms with Crippen molar-refractivity contribution in [2.45, 2.75) is 45.1 Å². The van der Waals surface area contributed by atoms with E-state index in [1.54, 1.807) is 0 Å². The number of hydrogen-bond acceptors (Lipinski definition) is 2. The van der Waals surface area contributed by atoms with E-state index in [1.165, 1.54) is 5.56 Å². The van der Waals surface area contributed by atoms with Gasteiger partial charge in [0.25, 0.3) is 0 Å². The Balaban J connectivity index is 1.84. The van der Waals surface area contributed by atoms with E-state index in [-0.39, 0.29) is 0 Å². The molecule has 0 saturated carbocycles. The molecule has 0 fully saturated rings. The highest BCUT2D eigenvalue weighted by Crippen LogP contribution is 2.28. The maximum Gasteiger partial charge on any atom is 0.0747 e. The smallest absolute Gasteiger partial charge is 0.0747 e. The first kappa shape index (κ1) is 16.0. The third-order valence-corrected chi connectivity index (χ3v) is 7.47. The number of rotatable bonds is 7. The Bertz CT molecular complexity index is 549. The molecule has 1 heterocycles. The molecule has 2 rings (SSSR count). The minimum Gasteiger partial charge on any atom is -0.376 e. The van der Waals surface area contributed by atoms with Gasteiger partial charge in [-0.3, -0.25) is 4.68 Å². The lowest BCUT2D eigenvalue weighted by molar-refractivity contribution is 0.101. The molecule has 114 valence electrons. The summed E-state index contributed by atoms with van der Waals surface area (Å²) in [6.45, 7) is 11.7. The summed E-state index contributed by atoms with van der Waals surface area (Å²) in [7, 11) is -0.693. The van der Waals surface area contributed by atoms with Crippen LogP contribution in [0, 0.1) is 0 Å². The molecule has 0 aliphatic carbocycles. The van der Waals surface area contributed by atoms with Crippen molar-refractivity contribution in [3.63, 3.8) is 0 Å². The van der Waals surface area contributed by atoms with Gasteiger partial charge < -0.3 is 4.74 Å². The summed E-state index contributed by atoms with van der Waals surface area (Å²) in [4.78, 5) is 0. The quantitative estimate of drug-likeness (QED) is 0.729. The summed E-state index contributed by atoms with van der Waals surface area (Å²) >= 11 is 0. The minimum atomic E-state index is -0.693. The molecule has 0 aliphatic heterocycles. The summed E-state index contributed by atoms with van der Waals surface area (Å²) in [6, 6.07) is 10.4. The molecule has 2 aromatic rings. The first-order valence-corrected chi connectivity index (χ1v) is 10.5. The fourth-order valence-corrected chi connectivity index (χ4v) is 2.39. The van der Waals surface area contributed by atoms with E-state index >= 15 is 0 Å². The van der Waals surface area contributed by atoms with Crippen LogP contribution < -0.4 is 0 Å². The molecule has 0 N–H and O–H groups in total. The van der Waals surface area contributed by atoms with Gasteiger partial charge in [0.1, 0.15) is 0 Å². The highest BCUT2D eigenvalue weighted by atomic mass is 28.3. The third kappa shape index (κ3) is 4.83. The van der Waals surface area contributed by atoms with Crippen molar-refractivity contribution >= 4 is 8.80 Å². The zero-order valence-electron chi connectivity index (χ0n) is 13.5. The van der Waals surface area contributed by atoms with Gasteiger partial charge in [-0.1, -0.05) is 57.3 Å². The van der Waals surface area contributed by atoms with Crippen molar-refractivity contribution in [3.8, 4) is 0 Å². The standard InChI is InChI=1S/C17H26N2OSi/c1-17(2,21(3)4)14-20-13-16-10-18-19(12-16)11-15-8-6-5-7-9-15/h5-10,12,21H,11,13-14H2,1-4H3. The Labute approximate surface area is 129 Å². The van der Waals surface area contributed by atoms with Crippen molar-refractivity contribution in [2.75, 3.05) is 6.61 Å². The topological polar surface area (TPSA) is 27.1 Å². The van der Waals surface area contributed by atoms with E-state index in [1.807, 2.05) is 16.9 Å². The Hall–Kier alpha value is -1.39. The number of ether oxygens (including phenoxy) is 1. The van der Waals surface area contributed by atoms with Crippen LogP contribution in [0.2, 0.25) is 18.1 Å². The van der Waals surface area contributed by atoms with Crippen LogP contribution in [-0.2, 0) is 17.9 Å². The molecule has 4 heteroatoms. The highest BCUT2D eigenvalue weighted by Gasteiger charge is 2.23. The summed E-state index contributed by atoms with van der Waals surface area (Å²) in [5.41, 5.74) is 2.41. The second-order valence-corrected chi connectivity index (χ2v) is 10.5. The fraction of sp³-hybridized carbons (Fsp3) is 0.471. The zero-order chi connectivity index (χ0) is 15.3.